The Morgan fingerprint density at radius 3 is 2.73 bits per heavy atom. The van der Waals surface area contributed by atoms with E-state index in [1.165, 1.54) is 0 Å². The molecule has 3 N–H and O–H groups in total. The summed E-state index contributed by atoms with van der Waals surface area (Å²) in [4.78, 5) is 10.3. The molecule has 0 rings (SSSR count). The smallest absolute Gasteiger partial charge is 0.217 e. The quantitative estimate of drug-likeness (QED) is 0.557. The van der Waals surface area contributed by atoms with Crippen molar-refractivity contribution < 1.29 is 4.79 Å². The standard InChI is InChI=1S/C8H18N2O/c1-3-7(2)10-6-4-5-8(9)11/h7,10H,3-6H2,1-2H3,(H2,9,11). The average Bonchev–Trinajstić information content (AvgIpc) is 1.97. The van der Waals surface area contributed by atoms with Gasteiger partial charge in [0.2, 0.25) is 5.91 Å². The van der Waals surface area contributed by atoms with Gasteiger partial charge in [-0.2, -0.15) is 0 Å². The molecule has 0 heterocycles. The van der Waals surface area contributed by atoms with Crippen LogP contribution in [-0.4, -0.2) is 18.5 Å². The molecule has 1 amide bonds. The molecule has 0 aliphatic rings. The Bertz CT molecular complexity index is 115. The molecule has 11 heavy (non-hydrogen) atoms. The molecule has 66 valence electrons. The molecular weight excluding hydrogens is 140 g/mol. The van der Waals surface area contributed by atoms with Crippen molar-refractivity contribution >= 4 is 5.91 Å². The van der Waals surface area contributed by atoms with E-state index in [9.17, 15) is 4.79 Å². The van der Waals surface area contributed by atoms with E-state index in [1.807, 2.05) is 0 Å². The van der Waals surface area contributed by atoms with Gasteiger partial charge in [-0.3, -0.25) is 4.79 Å². The second-order valence-electron chi connectivity index (χ2n) is 2.83. The third kappa shape index (κ3) is 7.33. The fourth-order valence-electron chi connectivity index (χ4n) is 0.755. The van der Waals surface area contributed by atoms with Crippen LogP contribution in [0, 0.1) is 0 Å². The monoisotopic (exact) mass is 158 g/mol. The lowest BCUT2D eigenvalue weighted by Gasteiger charge is -2.09. The lowest BCUT2D eigenvalue weighted by molar-refractivity contribution is -0.118. The van der Waals surface area contributed by atoms with Crippen molar-refractivity contribution in [1.82, 2.24) is 5.32 Å². The van der Waals surface area contributed by atoms with Crippen LogP contribution in [-0.2, 0) is 4.79 Å². The minimum atomic E-state index is -0.212. The first-order valence-corrected chi connectivity index (χ1v) is 4.18. The third-order valence-corrected chi connectivity index (χ3v) is 1.71. The summed E-state index contributed by atoms with van der Waals surface area (Å²) in [5.74, 6) is -0.212. The Balaban J connectivity index is 3.08. The van der Waals surface area contributed by atoms with Crippen molar-refractivity contribution in [2.24, 2.45) is 5.73 Å². The zero-order valence-electron chi connectivity index (χ0n) is 7.39. The highest BCUT2D eigenvalue weighted by molar-refractivity contribution is 5.73. The van der Waals surface area contributed by atoms with Crippen LogP contribution in [0.4, 0.5) is 0 Å². The van der Waals surface area contributed by atoms with Gasteiger partial charge in [0, 0.05) is 12.5 Å². The number of rotatable bonds is 6. The van der Waals surface area contributed by atoms with E-state index in [2.05, 4.69) is 19.2 Å². The Hall–Kier alpha value is -0.570. The lowest BCUT2D eigenvalue weighted by Crippen LogP contribution is -2.26. The fourth-order valence-corrected chi connectivity index (χ4v) is 0.755. The number of hydrogen-bond donors (Lipinski definition) is 2. The highest BCUT2D eigenvalue weighted by Gasteiger charge is 1.97. The summed E-state index contributed by atoms with van der Waals surface area (Å²) in [6.45, 7) is 5.15. The molecule has 1 unspecified atom stereocenters. The molecule has 0 fully saturated rings. The molecule has 0 bridgehead atoms. The first kappa shape index (κ1) is 10.4. The lowest BCUT2D eigenvalue weighted by atomic mass is 10.2. The van der Waals surface area contributed by atoms with Gasteiger partial charge >= 0.3 is 0 Å². The third-order valence-electron chi connectivity index (χ3n) is 1.71. The minimum absolute atomic E-state index is 0.212. The number of nitrogens with one attached hydrogen (secondary N) is 1. The number of amides is 1. The topological polar surface area (TPSA) is 55.1 Å². The van der Waals surface area contributed by atoms with Gasteiger partial charge in [0.15, 0.2) is 0 Å². The van der Waals surface area contributed by atoms with E-state index in [1.54, 1.807) is 0 Å². The molecule has 0 aliphatic carbocycles. The Morgan fingerprint density at radius 2 is 2.27 bits per heavy atom. The van der Waals surface area contributed by atoms with Crippen molar-refractivity contribution in [2.45, 2.75) is 39.2 Å². The van der Waals surface area contributed by atoms with Crippen LogP contribution in [0.3, 0.4) is 0 Å². The summed E-state index contributed by atoms with van der Waals surface area (Å²) in [6, 6.07) is 0.544. The van der Waals surface area contributed by atoms with E-state index in [4.69, 9.17) is 5.73 Å². The largest absolute Gasteiger partial charge is 0.370 e. The van der Waals surface area contributed by atoms with Crippen molar-refractivity contribution in [1.29, 1.82) is 0 Å². The van der Waals surface area contributed by atoms with Crippen LogP contribution in [0.5, 0.6) is 0 Å². The number of nitrogens with two attached hydrogens (primary N) is 1. The van der Waals surface area contributed by atoms with Crippen molar-refractivity contribution in [3.05, 3.63) is 0 Å². The Morgan fingerprint density at radius 1 is 1.64 bits per heavy atom. The highest BCUT2D eigenvalue weighted by Crippen LogP contribution is 1.90. The Kier molecular flexibility index (Phi) is 5.84. The van der Waals surface area contributed by atoms with Crippen LogP contribution in [0.15, 0.2) is 0 Å². The minimum Gasteiger partial charge on any atom is -0.370 e. The molecule has 0 aliphatic heterocycles. The van der Waals surface area contributed by atoms with Crippen LogP contribution in [0.2, 0.25) is 0 Å². The van der Waals surface area contributed by atoms with E-state index in [0.717, 1.165) is 19.4 Å². The molecule has 3 nitrogen and oxygen atoms in total. The van der Waals surface area contributed by atoms with Crippen LogP contribution >= 0.6 is 0 Å². The maximum Gasteiger partial charge on any atom is 0.217 e. The number of carbonyl (C=O) groups excluding carboxylic acids is 1. The van der Waals surface area contributed by atoms with Gasteiger partial charge in [0.25, 0.3) is 0 Å². The maximum atomic E-state index is 10.3. The number of carbonyl (C=O) groups is 1. The summed E-state index contributed by atoms with van der Waals surface area (Å²) in [5, 5.41) is 3.28. The molecule has 0 radical (unpaired) electrons. The summed E-state index contributed by atoms with van der Waals surface area (Å²) >= 11 is 0. The van der Waals surface area contributed by atoms with Crippen molar-refractivity contribution in [3.63, 3.8) is 0 Å². The van der Waals surface area contributed by atoms with E-state index >= 15 is 0 Å². The molecule has 1 atom stereocenters. The van der Waals surface area contributed by atoms with Crippen molar-refractivity contribution in [2.75, 3.05) is 6.54 Å². The molecule has 0 saturated carbocycles. The SMILES string of the molecule is CCC(C)NCCCC(N)=O. The fraction of sp³-hybridized carbons (Fsp3) is 0.875. The predicted molar refractivity (Wildman–Crippen MR) is 46.2 cm³/mol. The molecular formula is C8H18N2O. The van der Waals surface area contributed by atoms with E-state index in [0.29, 0.717) is 12.5 Å². The van der Waals surface area contributed by atoms with Gasteiger partial charge in [0.05, 0.1) is 0 Å². The van der Waals surface area contributed by atoms with Crippen molar-refractivity contribution in [3.8, 4) is 0 Å². The van der Waals surface area contributed by atoms with Gasteiger partial charge in [0.1, 0.15) is 0 Å². The van der Waals surface area contributed by atoms with E-state index in [-0.39, 0.29) is 5.91 Å². The van der Waals surface area contributed by atoms with Gasteiger partial charge in [-0.25, -0.2) is 0 Å². The van der Waals surface area contributed by atoms with Gasteiger partial charge < -0.3 is 11.1 Å². The second-order valence-corrected chi connectivity index (χ2v) is 2.83. The Labute approximate surface area is 68.3 Å². The molecule has 3 heteroatoms. The molecule has 0 aromatic rings. The van der Waals surface area contributed by atoms with Crippen LogP contribution in [0.25, 0.3) is 0 Å². The van der Waals surface area contributed by atoms with Gasteiger partial charge in [-0.15, -0.1) is 0 Å². The molecule has 0 aromatic carbocycles. The van der Waals surface area contributed by atoms with Gasteiger partial charge in [-0.1, -0.05) is 6.92 Å². The highest BCUT2D eigenvalue weighted by atomic mass is 16.1. The normalized spacial score (nSPS) is 12.9. The second kappa shape index (κ2) is 6.16. The summed E-state index contributed by atoms with van der Waals surface area (Å²) < 4.78 is 0. The first-order chi connectivity index (χ1) is 5.16. The summed E-state index contributed by atoms with van der Waals surface area (Å²) in [6.07, 6.45) is 2.46. The van der Waals surface area contributed by atoms with Crippen LogP contribution in [0.1, 0.15) is 33.1 Å². The summed E-state index contributed by atoms with van der Waals surface area (Å²) in [5.41, 5.74) is 4.98. The molecule has 0 saturated heterocycles. The zero-order chi connectivity index (χ0) is 8.69. The number of hydrogen-bond acceptors (Lipinski definition) is 2. The van der Waals surface area contributed by atoms with Gasteiger partial charge in [-0.05, 0) is 26.3 Å². The average molecular weight is 158 g/mol. The first-order valence-electron chi connectivity index (χ1n) is 4.18. The molecule has 0 spiro atoms. The summed E-state index contributed by atoms with van der Waals surface area (Å²) in [7, 11) is 0. The van der Waals surface area contributed by atoms with E-state index < -0.39 is 0 Å². The maximum absolute atomic E-state index is 10.3. The van der Waals surface area contributed by atoms with Crippen LogP contribution < -0.4 is 11.1 Å². The molecule has 0 aromatic heterocycles. The zero-order valence-corrected chi connectivity index (χ0v) is 7.39. The predicted octanol–water partition coefficient (Wildman–Crippen LogP) is 0.640. The number of primary amides is 1.